The fourth-order valence-electron chi connectivity index (χ4n) is 3.42. The molecule has 0 spiro atoms. The van der Waals surface area contributed by atoms with Gasteiger partial charge < -0.3 is 19.7 Å². The van der Waals surface area contributed by atoms with E-state index in [2.05, 4.69) is 20.3 Å². The summed E-state index contributed by atoms with van der Waals surface area (Å²) in [7, 11) is 1.62. The molecule has 13 heteroatoms. The molecule has 2 amide bonds. The Morgan fingerprint density at radius 3 is 2.56 bits per heavy atom. The van der Waals surface area contributed by atoms with Crippen molar-refractivity contribution in [1.82, 2.24) is 25.2 Å². The molecule has 1 saturated heterocycles. The fourth-order valence-corrected chi connectivity index (χ4v) is 4.17. The smallest absolute Gasteiger partial charge is 0.451 e. The van der Waals surface area contributed by atoms with E-state index in [1.807, 2.05) is 6.92 Å². The van der Waals surface area contributed by atoms with Crippen LogP contribution in [-0.2, 0) is 10.9 Å². The fraction of sp³-hybridized carbons (Fsp3) is 0.348. The zero-order chi connectivity index (χ0) is 26.0. The van der Waals surface area contributed by atoms with Crippen LogP contribution in [0, 0.1) is 6.92 Å². The molecule has 4 rings (SSSR count). The number of rotatable bonds is 7. The van der Waals surface area contributed by atoms with E-state index >= 15 is 0 Å². The van der Waals surface area contributed by atoms with Gasteiger partial charge in [0.25, 0.3) is 5.91 Å². The average molecular weight is 522 g/mol. The number of aryl methyl sites for hydroxylation is 1. The highest BCUT2D eigenvalue weighted by Crippen LogP contribution is 2.30. The van der Waals surface area contributed by atoms with Crippen LogP contribution in [0.4, 0.5) is 18.0 Å². The Balaban J connectivity index is 1.53. The van der Waals surface area contributed by atoms with Crippen LogP contribution >= 0.6 is 11.3 Å². The van der Waals surface area contributed by atoms with E-state index in [4.69, 9.17) is 9.47 Å². The van der Waals surface area contributed by atoms with Gasteiger partial charge in [-0.2, -0.15) is 13.2 Å². The van der Waals surface area contributed by atoms with Crippen molar-refractivity contribution in [3.05, 3.63) is 58.6 Å². The van der Waals surface area contributed by atoms with Crippen molar-refractivity contribution in [3.8, 4) is 16.3 Å². The number of benzene rings is 1. The predicted molar refractivity (Wildman–Crippen MR) is 124 cm³/mol. The molecule has 1 aliphatic heterocycles. The Bertz CT molecular complexity index is 1270. The van der Waals surface area contributed by atoms with Gasteiger partial charge in [0.2, 0.25) is 5.82 Å². The molecule has 1 unspecified atom stereocenters. The minimum Gasteiger partial charge on any atom is -0.490 e. The number of carbonyl (C=O) groups is 2. The first-order valence-corrected chi connectivity index (χ1v) is 11.6. The first-order valence-electron chi connectivity index (χ1n) is 10.8. The lowest BCUT2D eigenvalue weighted by Gasteiger charge is -2.16. The highest BCUT2D eigenvalue weighted by atomic mass is 32.1. The van der Waals surface area contributed by atoms with E-state index in [0.717, 1.165) is 17.3 Å². The third-order valence-electron chi connectivity index (χ3n) is 5.30. The predicted octanol–water partition coefficient (Wildman–Crippen LogP) is 4.25. The minimum atomic E-state index is -4.65. The second-order valence-electron chi connectivity index (χ2n) is 8.25. The second kappa shape index (κ2) is 10.1. The quantitative estimate of drug-likeness (QED) is 0.496. The lowest BCUT2D eigenvalue weighted by atomic mass is 10.1. The molecule has 0 saturated carbocycles. The maximum Gasteiger partial charge on any atom is 0.451 e. The second-order valence-corrected chi connectivity index (χ2v) is 9.49. The maximum atomic E-state index is 13.1. The third kappa shape index (κ3) is 5.90. The van der Waals surface area contributed by atoms with Crippen LogP contribution in [-0.4, -0.2) is 58.2 Å². The zero-order valence-electron chi connectivity index (χ0n) is 19.5. The van der Waals surface area contributed by atoms with E-state index in [0.29, 0.717) is 28.4 Å². The molecule has 2 aromatic heterocycles. The minimum absolute atomic E-state index is 0.0940. The molecule has 36 heavy (non-hydrogen) atoms. The van der Waals surface area contributed by atoms with Crippen LogP contribution in [0.1, 0.15) is 39.6 Å². The topological polar surface area (TPSA) is 107 Å². The van der Waals surface area contributed by atoms with Gasteiger partial charge in [-0.25, -0.2) is 19.7 Å². The lowest BCUT2D eigenvalue weighted by molar-refractivity contribution is -0.145. The molecule has 3 aromatic rings. The number of likely N-dealkylation sites (N-methyl/N-ethyl adjacent to an activating group) is 1. The number of nitrogens with one attached hydrogen (secondary N) is 1. The summed E-state index contributed by atoms with van der Waals surface area (Å²) in [6.45, 7) is 4.00. The van der Waals surface area contributed by atoms with E-state index in [-0.39, 0.29) is 12.2 Å². The molecule has 0 aliphatic carbocycles. The van der Waals surface area contributed by atoms with Crippen LogP contribution in [0.15, 0.2) is 36.8 Å². The molecular formula is C23H22F3N5O4S. The summed E-state index contributed by atoms with van der Waals surface area (Å²) in [5, 5.41) is 3.43. The van der Waals surface area contributed by atoms with Crippen LogP contribution in [0.25, 0.3) is 10.6 Å². The van der Waals surface area contributed by atoms with Crippen molar-refractivity contribution >= 4 is 23.3 Å². The zero-order valence-corrected chi connectivity index (χ0v) is 20.3. The van der Waals surface area contributed by atoms with Gasteiger partial charge in [0.1, 0.15) is 17.4 Å². The number of carbonyl (C=O) groups excluding carboxylic acids is 2. The third-order valence-corrected chi connectivity index (χ3v) is 6.26. The molecule has 190 valence electrons. The van der Waals surface area contributed by atoms with Gasteiger partial charge in [-0.3, -0.25) is 4.79 Å². The van der Waals surface area contributed by atoms with Crippen molar-refractivity contribution in [1.29, 1.82) is 0 Å². The van der Waals surface area contributed by atoms with Gasteiger partial charge in [0.05, 0.1) is 12.6 Å². The molecule has 1 aliphatic rings. The summed E-state index contributed by atoms with van der Waals surface area (Å²) in [6, 6.07) is 4.27. The number of nitrogens with zero attached hydrogens (tertiary/aromatic N) is 4. The number of halogens is 3. The molecule has 3 heterocycles. The summed E-state index contributed by atoms with van der Waals surface area (Å²) in [6.07, 6.45) is -1.76. The normalized spacial score (nSPS) is 16.6. The molecule has 1 aromatic carbocycles. The Labute approximate surface area is 208 Å². The van der Waals surface area contributed by atoms with Gasteiger partial charge >= 0.3 is 12.3 Å². The van der Waals surface area contributed by atoms with Crippen LogP contribution < -0.4 is 10.1 Å². The van der Waals surface area contributed by atoms with Crippen molar-refractivity contribution < 1.29 is 32.2 Å². The monoisotopic (exact) mass is 521 g/mol. The number of ether oxygens (including phenoxy) is 2. The van der Waals surface area contributed by atoms with Gasteiger partial charge in [-0.15, -0.1) is 11.3 Å². The largest absolute Gasteiger partial charge is 0.490 e. The van der Waals surface area contributed by atoms with Crippen LogP contribution in [0.3, 0.4) is 0 Å². The van der Waals surface area contributed by atoms with Crippen molar-refractivity contribution in [2.75, 3.05) is 20.2 Å². The summed E-state index contributed by atoms with van der Waals surface area (Å²) in [4.78, 5) is 38.1. The van der Waals surface area contributed by atoms with Gasteiger partial charge in [0.15, 0.2) is 6.10 Å². The highest BCUT2D eigenvalue weighted by Gasteiger charge is 2.34. The SMILES string of the molecule is Cc1cnc(-c2cc(OC[C@@H]3CN(C)C(=O)O3)cc(C(=O)NC(C)c3cnc(C(F)(F)F)nc3)c2)s1. The number of amides is 2. The summed E-state index contributed by atoms with van der Waals surface area (Å²) in [5.41, 5.74) is 1.23. The molecule has 0 radical (unpaired) electrons. The molecule has 2 atom stereocenters. The van der Waals surface area contributed by atoms with E-state index in [1.165, 1.54) is 22.3 Å². The Kier molecular flexibility index (Phi) is 7.11. The Morgan fingerprint density at radius 1 is 1.25 bits per heavy atom. The lowest BCUT2D eigenvalue weighted by Crippen LogP contribution is -2.27. The molecule has 0 bridgehead atoms. The Hall–Kier alpha value is -3.74. The number of thiazole rings is 1. The van der Waals surface area contributed by atoms with Gasteiger partial charge in [0, 0.05) is 47.2 Å². The number of hydrogen-bond donors (Lipinski definition) is 1. The van der Waals surface area contributed by atoms with Gasteiger partial charge in [-0.1, -0.05) is 0 Å². The summed E-state index contributed by atoms with van der Waals surface area (Å²) in [5.74, 6) is -1.35. The summed E-state index contributed by atoms with van der Waals surface area (Å²) < 4.78 is 49.3. The van der Waals surface area contributed by atoms with E-state index in [9.17, 15) is 22.8 Å². The first-order chi connectivity index (χ1) is 17.0. The Morgan fingerprint density at radius 2 is 1.97 bits per heavy atom. The van der Waals surface area contributed by atoms with Crippen LogP contribution in [0.2, 0.25) is 0 Å². The molecule has 1 N–H and O–H groups in total. The van der Waals surface area contributed by atoms with Crippen molar-refractivity contribution in [3.63, 3.8) is 0 Å². The number of cyclic esters (lactones) is 1. The van der Waals surface area contributed by atoms with E-state index in [1.54, 1.807) is 32.3 Å². The van der Waals surface area contributed by atoms with Gasteiger partial charge in [-0.05, 0) is 32.0 Å². The number of alkyl halides is 3. The standard InChI is InChI=1S/C23H22F3N5O4S/c1-12-7-27-20(36-12)15-4-14(5-17(6-15)34-11-18-10-31(3)22(33)35-18)19(32)30-13(2)16-8-28-21(29-9-16)23(24,25)26/h4-9,13,18H,10-11H2,1-3H3,(H,30,32)/t13?,18-/m0/s1. The van der Waals surface area contributed by atoms with Crippen molar-refractivity contribution in [2.45, 2.75) is 32.2 Å². The molecule has 1 fully saturated rings. The van der Waals surface area contributed by atoms with Crippen LogP contribution in [0.5, 0.6) is 5.75 Å². The average Bonchev–Trinajstić information content (AvgIpc) is 3.41. The highest BCUT2D eigenvalue weighted by molar-refractivity contribution is 7.14. The molecule has 9 nitrogen and oxygen atoms in total. The molecular weight excluding hydrogens is 499 g/mol. The van der Waals surface area contributed by atoms with E-state index < -0.39 is 36.1 Å². The van der Waals surface area contributed by atoms with Crippen molar-refractivity contribution in [2.24, 2.45) is 0 Å². The maximum absolute atomic E-state index is 13.1. The first kappa shape index (κ1) is 25.4. The summed E-state index contributed by atoms with van der Waals surface area (Å²) >= 11 is 1.45. The number of aromatic nitrogens is 3. The number of hydrogen-bond acceptors (Lipinski definition) is 8.